The fourth-order valence-corrected chi connectivity index (χ4v) is 3.80. The average molecular weight is 518 g/mol. The lowest BCUT2D eigenvalue weighted by Crippen LogP contribution is -2.43. The summed E-state index contributed by atoms with van der Waals surface area (Å²) >= 11 is 3.43. The molecular weight excluding hydrogens is 494 g/mol. The molecule has 2 aromatic carbocycles. The van der Waals surface area contributed by atoms with Crippen molar-refractivity contribution in [1.29, 1.82) is 0 Å². The van der Waals surface area contributed by atoms with Crippen molar-refractivity contribution in [2.24, 2.45) is 5.92 Å². The average Bonchev–Trinajstić information content (AvgIpc) is 3.15. The number of nitrogens with one attached hydrogen (secondary N) is 2. The van der Waals surface area contributed by atoms with E-state index in [0.717, 1.165) is 20.6 Å². The molecule has 1 atom stereocenters. The second-order valence-corrected chi connectivity index (χ2v) is 8.47. The molecule has 1 saturated heterocycles. The third-order valence-electron chi connectivity index (χ3n) is 5.17. The van der Waals surface area contributed by atoms with Crippen LogP contribution in [0.15, 0.2) is 40.9 Å². The molecule has 1 aliphatic heterocycles. The molecule has 3 rings (SSSR count). The molecule has 0 spiro atoms. The molecule has 1 fully saturated rings. The number of nitrogens with zero attached hydrogens (tertiary/aromatic N) is 1. The van der Waals surface area contributed by atoms with E-state index in [1.54, 1.807) is 24.3 Å². The van der Waals surface area contributed by atoms with E-state index in [0.29, 0.717) is 11.4 Å². The van der Waals surface area contributed by atoms with E-state index in [1.165, 1.54) is 7.11 Å². The first kappa shape index (κ1) is 24.2. The lowest BCUT2D eigenvalue weighted by molar-refractivity contribution is -0.151. The third kappa shape index (κ3) is 5.89. The number of hydrazine groups is 1. The van der Waals surface area contributed by atoms with Crippen LogP contribution in [-0.4, -0.2) is 49.0 Å². The van der Waals surface area contributed by atoms with E-state index in [1.807, 2.05) is 26.0 Å². The summed E-state index contributed by atoms with van der Waals surface area (Å²) in [5.74, 6) is -2.56. The second-order valence-electron chi connectivity index (χ2n) is 7.62. The lowest BCUT2D eigenvalue weighted by Gasteiger charge is -2.18. The van der Waals surface area contributed by atoms with Crippen molar-refractivity contribution in [3.05, 3.63) is 57.6 Å². The maximum absolute atomic E-state index is 12.5. The van der Waals surface area contributed by atoms with E-state index >= 15 is 0 Å². The number of esters is 1. The summed E-state index contributed by atoms with van der Waals surface area (Å²) in [5.41, 5.74) is 5.18. The van der Waals surface area contributed by atoms with Crippen LogP contribution in [0.3, 0.4) is 0 Å². The van der Waals surface area contributed by atoms with Crippen LogP contribution in [0.5, 0.6) is 5.75 Å². The zero-order chi connectivity index (χ0) is 24.1. The highest BCUT2D eigenvalue weighted by Crippen LogP contribution is 2.25. The first-order chi connectivity index (χ1) is 15.7. The van der Waals surface area contributed by atoms with E-state index in [9.17, 15) is 19.2 Å². The molecule has 33 heavy (non-hydrogen) atoms. The van der Waals surface area contributed by atoms with E-state index in [2.05, 4.69) is 26.7 Å². The smallest absolute Gasteiger partial charge is 0.311 e. The standard InChI is InChI=1S/C23H24BrN3O6/c1-13-9-18(14(2)8-17(13)24)25-20(28)12-33-23(31)15-10-21(29)27(11-15)26-22(30)16-6-4-5-7-19(16)32-3/h4-9,15H,10-12H2,1-3H3,(H,25,28)(H,26,30)/t15-/m0/s1. The molecule has 0 aromatic heterocycles. The molecule has 0 unspecified atom stereocenters. The molecule has 174 valence electrons. The maximum Gasteiger partial charge on any atom is 0.311 e. The number of aryl methyl sites for hydroxylation is 2. The molecule has 10 heteroatoms. The quantitative estimate of drug-likeness (QED) is 0.545. The van der Waals surface area contributed by atoms with Crippen LogP contribution in [0.25, 0.3) is 0 Å². The predicted octanol–water partition coefficient (Wildman–Crippen LogP) is 2.75. The van der Waals surface area contributed by atoms with Crippen LogP contribution in [0.2, 0.25) is 0 Å². The number of ether oxygens (including phenoxy) is 2. The summed E-state index contributed by atoms with van der Waals surface area (Å²) in [5, 5.41) is 3.79. The topological polar surface area (TPSA) is 114 Å². The Labute approximate surface area is 199 Å². The predicted molar refractivity (Wildman–Crippen MR) is 123 cm³/mol. The Bertz CT molecular complexity index is 1100. The Morgan fingerprint density at radius 2 is 1.88 bits per heavy atom. The normalized spacial score (nSPS) is 15.2. The highest BCUT2D eigenvalue weighted by molar-refractivity contribution is 9.10. The van der Waals surface area contributed by atoms with Crippen LogP contribution in [0.1, 0.15) is 27.9 Å². The van der Waals surface area contributed by atoms with Crippen LogP contribution in [0, 0.1) is 19.8 Å². The van der Waals surface area contributed by atoms with Gasteiger partial charge >= 0.3 is 5.97 Å². The zero-order valence-corrected chi connectivity index (χ0v) is 20.0. The van der Waals surface area contributed by atoms with Crippen molar-refractivity contribution in [3.63, 3.8) is 0 Å². The Hall–Kier alpha value is -3.40. The number of carbonyl (C=O) groups excluding carboxylic acids is 4. The summed E-state index contributed by atoms with van der Waals surface area (Å²) in [6.45, 7) is 3.22. The van der Waals surface area contributed by atoms with Gasteiger partial charge in [-0.25, -0.2) is 0 Å². The minimum absolute atomic E-state index is 0.0504. The fourth-order valence-electron chi connectivity index (χ4n) is 3.35. The molecule has 2 aromatic rings. The molecule has 0 saturated carbocycles. The third-order valence-corrected chi connectivity index (χ3v) is 6.03. The van der Waals surface area contributed by atoms with Gasteiger partial charge in [0.25, 0.3) is 11.8 Å². The van der Waals surface area contributed by atoms with Gasteiger partial charge in [-0.2, -0.15) is 0 Å². The highest BCUT2D eigenvalue weighted by Gasteiger charge is 2.37. The SMILES string of the molecule is COc1ccccc1C(=O)NN1C[C@@H](C(=O)OCC(=O)Nc2cc(C)c(Br)cc2C)CC1=O. The minimum Gasteiger partial charge on any atom is -0.496 e. The molecule has 0 bridgehead atoms. The van der Waals surface area contributed by atoms with Gasteiger partial charge in [-0.1, -0.05) is 28.1 Å². The van der Waals surface area contributed by atoms with Crippen molar-refractivity contribution in [1.82, 2.24) is 10.4 Å². The van der Waals surface area contributed by atoms with Gasteiger partial charge in [-0.15, -0.1) is 0 Å². The van der Waals surface area contributed by atoms with E-state index in [-0.39, 0.29) is 18.5 Å². The van der Waals surface area contributed by atoms with Crippen molar-refractivity contribution >= 4 is 45.3 Å². The van der Waals surface area contributed by atoms with Gasteiger partial charge in [-0.05, 0) is 49.2 Å². The summed E-state index contributed by atoms with van der Waals surface area (Å²) < 4.78 is 11.2. The van der Waals surface area contributed by atoms with Crippen LogP contribution < -0.4 is 15.5 Å². The van der Waals surface area contributed by atoms with Crippen molar-refractivity contribution in [2.45, 2.75) is 20.3 Å². The van der Waals surface area contributed by atoms with Crippen LogP contribution in [0.4, 0.5) is 5.69 Å². The fraction of sp³-hybridized carbons (Fsp3) is 0.304. The number of methoxy groups -OCH3 is 1. The minimum atomic E-state index is -0.792. The zero-order valence-electron chi connectivity index (χ0n) is 18.4. The number of carbonyl (C=O) groups is 4. The van der Waals surface area contributed by atoms with Gasteiger partial charge in [0.15, 0.2) is 6.61 Å². The van der Waals surface area contributed by atoms with Gasteiger partial charge in [0.05, 0.1) is 25.1 Å². The summed E-state index contributed by atoms with van der Waals surface area (Å²) in [4.78, 5) is 49.4. The Kier molecular flexibility index (Phi) is 7.70. The second kappa shape index (κ2) is 10.5. The largest absolute Gasteiger partial charge is 0.496 e. The van der Waals surface area contributed by atoms with Crippen molar-refractivity contribution in [3.8, 4) is 5.75 Å². The highest BCUT2D eigenvalue weighted by atomic mass is 79.9. The van der Waals surface area contributed by atoms with Crippen molar-refractivity contribution < 1.29 is 28.7 Å². The van der Waals surface area contributed by atoms with Gasteiger partial charge < -0.3 is 14.8 Å². The number of hydrogen-bond donors (Lipinski definition) is 2. The summed E-state index contributed by atoms with van der Waals surface area (Å²) in [7, 11) is 1.44. The van der Waals surface area contributed by atoms with Gasteiger partial charge in [-0.3, -0.25) is 29.6 Å². The summed E-state index contributed by atoms with van der Waals surface area (Å²) in [6, 6.07) is 10.3. The molecule has 2 N–H and O–H groups in total. The van der Waals surface area contributed by atoms with Crippen molar-refractivity contribution in [2.75, 3.05) is 25.6 Å². The number of halogens is 1. The number of para-hydroxylation sites is 1. The lowest BCUT2D eigenvalue weighted by atomic mass is 10.1. The van der Waals surface area contributed by atoms with Crippen LogP contribution >= 0.6 is 15.9 Å². The number of anilines is 1. The molecule has 9 nitrogen and oxygen atoms in total. The number of hydrogen-bond acceptors (Lipinski definition) is 6. The molecule has 3 amide bonds. The molecule has 0 aliphatic carbocycles. The van der Waals surface area contributed by atoms with Crippen LogP contribution in [-0.2, 0) is 19.1 Å². The Morgan fingerprint density at radius 1 is 1.15 bits per heavy atom. The monoisotopic (exact) mass is 517 g/mol. The number of benzene rings is 2. The van der Waals surface area contributed by atoms with E-state index in [4.69, 9.17) is 9.47 Å². The molecule has 0 radical (unpaired) electrons. The first-order valence-corrected chi connectivity index (χ1v) is 11.0. The number of rotatable bonds is 7. The molecular formula is C23H24BrN3O6. The van der Waals surface area contributed by atoms with Gasteiger partial charge in [0.2, 0.25) is 5.91 Å². The van der Waals surface area contributed by atoms with Gasteiger partial charge in [0.1, 0.15) is 5.75 Å². The molecule has 1 heterocycles. The Morgan fingerprint density at radius 3 is 2.61 bits per heavy atom. The first-order valence-electron chi connectivity index (χ1n) is 10.2. The molecule has 1 aliphatic rings. The summed E-state index contributed by atoms with van der Waals surface area (Å²) in [6.07, 6.45) is -0.127. The van der Waals surface area contributed by atoms with E-state index < -0.39 is 36.2 Å². The number of amides is 3. The Balaban J connectivity index is 1.52. The maximum atomic E-state index is 12.5. The van der Waals surface area contributed by atoms with Gasteiger partial charge in [0, 0.05) is 16.6 Å².